The predicted octanol–water partition coefficient (Wildman–Crippen LogP) is 2.74. The molecule has 25 heavy (non-hydrogen) atoms. The van der Waals surface area contributed by atoms with Gasteiger partial charge in [-0.2, -0.15) is 30.7 Å². The molecule has 0 spiro atoms. The Bertz CT molecular complexity index is 501. The fourth-order valence-electron chi connectivity index (χ4n) is 0.989. The fraction of sp³-hybridized carbons (Fsp3) is 0.750. The van der Waals surface area contributed by atoms with Crippen molar-refractivity contribution in [1.29, 1.82) is 0 Å². The maximum atomic E-state index is 12.8. The summed E-state index contributed by atoms with van der Waals surface area (Å²) in [5.41, 5.74) is 0. The molecule has 0 bridgehead atoms. The molecule has 0 aromatic heterocycles. The molecule has 0 saturated carbocycles. The van der Waals surface area contributed by atoms with Crippen molar-refractivity contribution >= 4 is 17.9 Å². The highest BCUT2D eigenvalue weighted by atomic mass is 19.4. The second-order valence-corrected chi connectivity index (χ2v) is 4.91. The van der Waals surface area contributed by atoms with Gasteiger partial charge in [-0.25, -0.2) is 4.79 Å². The van der Waals surface area contributed by atoms with Crippen LogP contribution in [0.25, 0.3) is 0 Å². The molecule has 0 aromatic carbocycles. The minimum Gasteiger partial charge on any atom is -0.457 e. The maximum Gasteiger partial charge on any atom is 0.508 e. The smallest absolute Gasteiger partial charge is 0.457 e. The van der Waals surface area contributed by atoms with Crippen LogP contribution in [0.1, 0.15) is 13.8 Å². The average molecular weight is 386 g/mol. The molecule has 0 aliphatic carbocycles. The van der Waals surface area contributed by atoms with Crippen LogP contribution >= 0.6 is 0 Å². The summed E-state index contributed by atoms with van der Waals surface area (Å²) in [5.74, 6) is -14.5. The first-order valence-electron chi connectivity index (χ1n) is 6.42. The van der Waals surface area contributed by atoms with Crippen LogP contribution in [0.15, 0.2) is 0 Å². The largest absolute Gasteiger partial charge is 0.508 e. The van der Waals surface area contributed by atoms with Gasteiger partial charge in [0.05, 0.1) is 5.92 Å². The molecule has 0 N–H and O–H groups in total. The third-order valence-electron chi connectivity index (χ3n) is 2.38. The molecule has 0 fully saturated rings. The van der Waals surface area contributed by atoms with Crippen molar-refractivity contribution in [2.75, 3.05) is 19.8 Å². The highest BCUT2D eigenvalue weighted by Crippen LogP contribution is 2.46. The summed E-state index contributed by atoms with van der Waals surface area (Å²) >= 11 is 0. The van der Waals surface area contributed by atoms with Gasteiger partial charge in [-0.3, -0.25) is 9.59 Å². The molecule has 0 aromatic rings. The lowest BCUT2D eigenvalue weighted by atomic mass is 10.2. The Hall–Kier alpha value is -2.08. The molecular weight excluding hydrogens is 373 g/mol. The second-order valence-electron chi connectivity index (χ2n) is 4.91. The molecule has 0 saturated heterocycles. The Labute approximate surface area is 136 Å². The number of Topliss-reactive ketones (excluding diaryl/α,β-unsaturated/α-hetero) is 1. The van der Waals surface area contributed by atoms with Crippen LogP contribution in [0.5, 0.6) is 0 Å². The van der Waals surface area contributed by atoms with Gasteiger partial charge in [0, 0.05) is 0 Å². The monoisotopic (exact) mass is 386 g/mol. The summed E-state index contributed by atoms with van der Waals surface area (Å²) in [4.78, 5) is 33.0. The number of esters is 1. The molecule has 0 rings (SSSR count). The number of halogens is 7. The molecule has 0 radical (unpaired) electrons. The summed E-state index contributed by atoms with van der Waals surface area (Å²) < 4.78 is 97.9. The number of rotatable bonds is 8. The molecule has 0 unspecified atom stereocenters. The summed E-state index contributed by atoms with van der Waals surface area (Å²) in [6.07, 6.45) is -8.65. The highest BCUT2D eigenvalue weighted by molar-refractivity contribution is 5.84. The molecule has 146 valence electrons. The van der Waals surface area contributed by atoms with Gasteiger partial charge in [0.15, 0.2) is 19.8 Å². The summed E-state index contributed by atoms with van der Waals surface area (Å²) in [7, 11) is 0. The standard InChI is InChI=1S/C12H13F7O6/c1-6(2)8(21)23-3-7(20)4-24-9(22)25-5-10(13,14)11(15,16)12(17,18)19/h6H,3-5H2,1-2H3. The third kappa shape index (κ3) is 6.74. The molecule has 13 heteroatoms. The molecule has 6 nitrogen and oxygen atoms in total. The zero-order valence-corrected chi connectivity index (χ0v) is 12.8. The van der Waals surface area contributed by atoms with E-state index in [1.807, 2.05) is 0 Å². The molecule has 0 atom stereocenters. The molecule has 0 aliphatic rings. The van der Waals surface area contributed by atoms with E-state index < -0.39 is 61.7 Å². The van der Waals surface area contributed by atoms with Crippen LogP contribution in [0.3, 0.4) is 0 Å². The van der Waals surface area contributed by atoms with Crippen LogP contribution < -0.4 is 0 Å². The maximum absolute atomic E-state index is 12.8. The van der Waals surface area contributed by atoms with Crippen LogP contribution in [0.4, 0.5) is 35.5 Å². The minimum absolute atomic E-state index is 0.559. The fourth-order valence-corrected chi connectivity index (χ4v) is 0.989. The molecule has 0 heterocycles. The van der Waals surface area contributed by atoms with Gasteiger partial charge >= 0.3 is 30.1 Å². The van der Waals surface area contributed by atoms with Gasteiger partial charge in [-0.1, -0.05) is 13.8 Å². The van der Waals surface area contributed by atoms with E-state index >= 15 is 0 Å². The summed E-state index contributed by atoms with van der Waals surface area (Å²) in [5, 5.41) is 0. The van der Waals surface area contributed by atoms with Crippen molar-refractivity contribution in [3.05, 3.63) is 0 Å². The molecular formula is C12H13F7O6. The van der Waals surface area contributed by atoms with Crippen LogP contribution in [0.2, 0.25) is 0 Å². The van der Waals surface area contributed by atoms with Crippen molar-refractivity contribution in [3.63, 3.8) is 0 Å². The van der Waals surface area contributed by atoms with E-state index in [-0.39, 0.29) is 0 Å². The van der Waals surface area contributed by atoms with Gasteiger partial charge < -0.3 is 14.2 Å². The van der Waals surface area contributed by atoms with E-state index in [1.165, 1.54) is 13.8 Å². The highest BCUT2D eigenvalue weighted by Gasteiger charge is 2.73. The van der Waals surface area contributed by atoms with Gasteiger partial charge in [-0.15, -0.1) is 0 Å². The van der Waals surface area contributed by atoms with E-state index in [0.29, 0.717) is 0 Å². The Morgan fingerprint density at radius 1 is 0.840 bits per heavy atom. The number of hydrogen-bond donors (Lipinski definition) is 0. The molecule has 0 aliphatic heterocycles. The number of hydrogen-bond acceptors (Lipinski definition) is 6. The SMILES string of the molecule is CC(C)C(=O)OCC(=O)COC(=O)OCC(F)(F)C(F)(F)C(F)(F)F. The Morgan fingerprint density at radius 3 is 1.76 bits per heavy atom. The van der Waals surface area contributed by atoms with Crippen LogP contribution in [-0.2, 0) is 23.8 Å². The summed E-state index contributed by atoms with van der Waals surface area (Å²) in [6, 6.07) is 0. The van der Waals surface area contributed by atoms with Crippen molar-refractivity contribution in [2.24, 2.45) is 5.92 Å². The number of carbonyl (C=O) groups is 3. The topological polar surface area (TPSA) is 78.9 Å². The van der Waals surface area contributed by atoms with Crippen molar-refractivity contribution < 1.29 is 59.3 Å². The Kier molecular flexibility index (Phi) is 7.64. The van der Waals surface area contributed by atoms with Crippen molar-refractivity contribution in [2.45, 2.75) is 31.9 Å². The van der Waals surface area contributed by atoms with E-state index in [2.05, 4.69) is 14.2 Å². The lowest BCUT2D eigenvalue weighted by Gasteiger charge is -2.27. The zero-order chi connectivity index (χ0) is 20.1. The van der Waals surface area contributed by atoms with E-state index in [0.717, 1.165) is 0 Å². The normalized spacial score (nSPS) is 12.7. The summed E-state index contributed by atoms with van der Waals surface area (Å²) in [6.45, 7) is -1.68. The second kappa shape index (κ2) is 8.34. The van der Waals surface area contributed by atoms with Crippen LogP contribution in [0, 0.1) is 5.92 Å². The van der Waals surface area contributed by atoms with E-state index in [4.69, 9.17) is 0 Å². The van der Waals surface area contributed by atoms with E-state index in [9.17, 15) is 45.1 Å². The predicted molar refractivity (Wildman–Crippen MR) is 64.1 cm³/mol. The van der Waals surface area contributed by atoms with E-state index in [1.54, 1.807) is 0 Å². The lowest BCUT2D eigenvalue weighted by Crippen LogP contribution is -2.54. The van der Waals surface area contributed by atoms with Gasteiger partial charge in [0.25, 0.3) is 0 Å². The Morgan fingerprint density at radius 2 is 1.32 bits per heavy atom. The van der Waals surface area contributed by atoms with Gasteiger partial charge in [-0.05, 0) is 0 Å². The Balaban J connectivity index is 4.36. The number of alkyl halides is 7. The quantitative estimate of drug-likeness (QED) is 0.472. The zero-order valence-electron chi connectivity index (χ0n) is 12.8. The first-order chi connectivity index (χ1) is 11.1. The minimum atomic E-state index is -6.57. The number of ketones is 1. The van der Waals surface area contributed by atoms with Crippen LogP contribution in [-0.4, -0.2) is 55.7 Å². The van der Waals surface area contributed by atoms with Gasteiger partial charge in [0.2, 0.25) is 5.78 Å². The number of carbonyl (C=O) groups excluding carboxylic acids is 3. The average Bonchev–Trinajstić information content (AvgIpc) is 2.46. The first kappa shape index (κ1) is 22.9. The third-order valence-corrected chi connectivity index (χ3v) is 2.38. The van der Waals surface area contributed by atoms with Crippen molar-refractivity contribution in [1.82, 2.24) is 0 Å². The first-order valence-corrected chi connectivity index (χ1v) is 6.42. The van der Waals surface area contributed by atoms with Crippen molar-refractivity contribution in [3.8, 4) is 0 Å². The van der Waals surface area contributed by atoms with Gasteiger partial charge in [0.1, 0.15) is 0 Å². The number of ether oxygens (including phenoxy) is 3. The molecule has 0 amide bonds. The lowest BCUT2D eigenvalue weighted by molar-refractivity contribution is -0.359.